The molecule has 29 heavy (non-hydrogen) atoms. The molecule has 0 aromatic heterocycles. The molecular weight excluding hydrogens is 380 g/mol. The van der Waals surface area contributed by atoms with Crippen molar-refractivity contribution >= 4 is 23.7 Å². The van der Waals surface area contributed by atoms with Gasteiger partial charge in [0.25, 0.3) is 0 Å². The molecule has 0 spiro atoms. The molecule has 0 unspecified atom stereocenters. The topological polar surface area (TPSA) is 162 Å². The maximum atomic E-state index is 13.1. The molecular formula is C19H34N4O6. The fourth-order valence-electron chi connectivity index (χ4n) is 3.27. The Bertz CT molecular complexity index is 612. The number of nitrogens with two attached hydrogens (primary N) is 1. The van der Waals surface area contributed by atoms with E-state index in [4.69, 9.17) is 10.8 Å². The van der Waals surface area contributed by atoms with Gasteiger partial charge in [0, 0.05) is 6.54 Å². The van der Waals surface area contributed by atoms with E-state index in [0.717, 1.165) is 0 Å². The van der Waals surface area contributed by atoms with Crippen molar-refractivity contribution in [2.75, 3.05) is 13.2 Å². The molecule has 0 aliphatic carbocycles. The third kappa shape index (κ3) is 6.40. The zero-order valence-electron chi connectivity index (χ0n) is 17.6. The van der Waals surface area contributed by atoms with E-state index in [2.05, 4.69) is 10.6 Å². The van der Waals surface area contributed by atoms with Crippen LogP contribution in [0.5, 0.6) is 0 Å². The molecule has 3 amide bonds. The number of nitrogens with one attached hydrogen (secondary N) is 2. The van der Waals surface area contributed by atoms with Crippen molar-refractivity contribution in [3.05, 3.63) is 0 Å². The molecule has 1 heterocycles. The predicted octanol–water partition coefficient (Wildman–Crippen LogP) is -0.947. The molecule has 0 bridgehead atoms. The van der Waals surface area contributed by atoms with Crippen molar-refractivity contribution in [2.24, 2.45) is 17.6 Å². The van der Waals surface area contributed by atoms with Crippen LogP contribution < -0.4 is 16.4 Å². The number of amides is 3. The lowest BCUT2D eigenvalue weighted by Gasteiger charge is -2.32. The van der Waals surface area contributed by atoms with Gasteiger partial charge in [0.05, 0.1) is 6.61 Å². The standard InChI is InChI=1S/C19H34N4O6/c1-5-11(4)15(19(28)29)22-17(26)13-7-6-8-23(13)18(27)14(10(2)3)21-16(25)12(20)9-24/h10-15,24H,5-9,20H2,1-4H3,(H,21,25)(H,22,26)(H,28,29)/t11-,12-,13-,14-,15-/m0/s1. The molecule has 0 aromatic carbocycles. The molecule has 0 radical (unpaired) electrons. The van der Waals surface area contributed by atoms with Gasteiger partial charge in [-0.15, -0.1) is 0 Å². The average Bonchev–Trinajstić information content (AvgIpc) is 3.17. The first kappa shape index (κ1) is 24.8. The van der Waals surface area contributed by atoms with Gasteiger partial charge in [0.15, 0.2) is 0 Å². The fraction of sp³-hybridized carbons (Fsp3) is 0.789. The summed E-state index contributed by atoms with van der Waals surface area (Å²) in [4.78, 5) is 50.8. The number of aliphatic carboxylic acids is 1. The zero-order chi connectivity index (χ0) is 22.3. The number of likely N-dealkylation sites (tertiary alicyclic amines) is 1. The first-order valence-electron chi connectivity index (χ1n) is 10.1. The zero-order valence-corrected chi connectivity index (χ0v) is 17.6. The van der Waals surface area contributed by atoms with Crippen molar-refractivity contribution in [3.63, 3.8) is 0 Å². The summed E-state index contributed by atoms with van der Waals surface area (Å²) >= 11 is 0. The molecule has 1 aliphatic heterocycles. The Morgan fingerprint density at radius 1 is 1.14 bits per heavy atom. The van der Waals surface area contributed by atoms with E-state index >= 15 is 0 Å². The Kier molecular flexibility index (Phi) is 9.51. The van der Waals surface area contributed by atoms with Gasteiger partial charge in [0.2, 0.25) is 17.7 Å². The van der Waals surface area contributed by atoms with E-state index in [9.17, 15) is 24.3 Å². The van der Waals surface area contributed by atoms with Crippen molar-refractivity contribution in [2.45, 2.75) is 71.1 Å². The van der Waals surface area contributed by atoms with Crippen LogP contribution in [-0.4, -0.2) is 76.1 Å². The lowest BCUT2D eigenvalue weighted by atomic mass is 9.98. The molecule has 1 fully saturated rings. The molecule has 0 saturated carbocycles. The third-order valence-corrected chi connectivity index (χ3v) is 5.38. The summed E-state index contributed by atoms with van der Waals surface area (Å²) in [5.41, 5.74) is 5.51. The second-order valence-corrected chi connectivity index (χ2v) is 7.92. The Balaban J connectivity index is 2.94. The smallest absolute Gasteiger partial charge is 0.326 e. The molecule has 1 rings (SSSR count). The van der Waals surface area contributed by atoms with E-state index in [0.29, 0.717) is 25.8 Å². The SMILES string of the molecule is CC[C@H](C)[C@H](NC(=O)[C@@H]1CCCN1C(=O)[C@@H](NC(=O)[C@@H](N)CO)C(C)C)C(=O)O. The number of carboxylic acids is 1. The third-order valence-electron chi connectivity index (χ3n) is 5.38. The summed E-state index contributed by atoms with van der Waals surface area (Å²) in [5, 5.41) is 23.5. The van der Waals surface area contributed by atoms with Gasteiger partial charge in [-0.05, 0) is 24.7 Å². The Hall–Kier alpha value is -2.20. The summed E-state index contributed by atoms with van der Waals surface area (Å²) in [7, 11) is 0. The van der Waals surface area contributed by atoms with Crippen LogP contribution in [0, 0.1) is 11.8 Å². The first-order chi connectivity index (χ1) is 13.5. The number of hydrogen-bond acceptors (Lipinski definition) is 6. The summed E-state index contributed by atoms with van der Waals surface area (Å²) in [6.45, 7) is 6.87. The number of rotatable bonds is 10. The molecule has 5 atom stereocenters. The van der Waals surface area contributed by atoms with E-state index < -0.39 is 54.5 Å². The number of aliphatic hydroxyl groups excluding tert-OH is 1. The monoisotopic (exact) mass is 414 g/mol. The minimum atomic E-state index is -1.14. The number of nitrogens with zero attached hydrogens (tertiary/aromatic N) is 1. The average molecular weight is 415 g/mol. The van der Waals surface area contributed by atoms with E-state index in [1.165, 1.54) is 4.90 Å². The van der Waals surface area contributed by atoms with Crippen LogP contribution in [0.4, 0.5) is 0 Å². The van der Waals surface area contributed by atoms with Crippen LogP contribution >= 0.6 is 0 Å². The summed E-state index contributed by atoms with van der Waals surface area (Å²) in [5.74, 6) is -3.23. The van der Waals surface area contributed by atoms with Crippen molar-refractivity contribution in [1.29, 1.82) is 0 Å². The molecule has 0 aromatic rings. The number of aliphatic hydroxyl groups is 1. The lowest BCUT2D eigenvalue weighted by molar-refractivity contribution is -0.146. The van der Waals surface area contributed by atoms with Crippen LogP contribution in [0.3, 0.4) is 0 Å². The highest BCUT2D eigenvalue weighted by molar-refractivity contribution is 5.94. The first-order valence-corrected chi connectivity index (χ1v) is 10.1. The Labute approximate surface area is 171 Å². The maximum Gasteiger partial charge on any atom is 0.326 e. The molecule has 1 saturated heterocycles. The van der Waals surface area contributed by atoms with Gasteiger partial charge in [-0.1, -0.05) is 34.1 Å². The maximum absolute atomic E-state index is 13.1. The summed E-state index contributed by atoms with van der Waals surface area (Å²) < 4.78 is 0. The van der Waals surface area contributed by atoms with Crippen LogP contribution in [0.25, 0.3) is 0 Å². The number of carboxylic acid groups (broad SMARTS) is 1. The van der Waals surface area contributed by atoms with E-state index in [-0.39, 0.29) is 11.8 Å². The van der Waals surface area contributed by atoms with Gasteiger partial charge < -0.3 is 31.5 Å². The van der Waals surface area contributed by atoms with Crippen LogP contribution in [-0.2, 0) is 19.2 Å². The number of carbonyl (C=O) groups is 4. The van der Waals surface area contributed by atoms with Crippen molar-refractivity contribution in [3.8, 4) is 0 Å². The van der Waals surface area contributed by atoms with Gasteiger partial charge in [-0.2, -0.15) is 0 Å². The van der Waals surface area contributed by atoms with Gasteiger partial charge >= 0.3 is 5.97 Å². The van der Waals surface area contributed by atoms with E-state index in [1.807, 2.05) is 6.92 Å². The normalized spacial score (nSPS) is 20.7. The molecule has 10 nitrogen and oxygen atoms in total. The largest absolute Gasteiger partial charge is 0.480 e. The van der Waals surface area contributed by atoms with Crippen LogP contribution in [0.2, 0.25) is 0 Å². The van der Waals surface area contributed by atoms with Crippen molar-refractivity contribution in [1.82, 2.24) is 15.5 Å². The van der Waals surface area contributed by atoms with Crippen LogP contribution in [0.1, 0.15) is 47.0 Å². The second kappa shape index (κ2) is 11.1. The minimum Gasteiger partial charge on any atom is -0.480 e. The summed E-state index contributed by atoms with van der Waals surface area (Å²) in [6.07, 6.45) is 1.59. The van der Waals surface area contributed by atoms with Gasteiger partial charge in [-0.3, -0.25) is 14.4 Å². The van der Waals surface area contributed by atoms with Crippen LogP contribution in [0.15, 0.2) is 0 Å². The number of carbonyl (C=O) groups excluding carboxylic acids is 3. The predicted molar refractivity (Wildman–Crippen MR) is 106 cm³/mol. The molecule has 6 N–H and O–H groups in total. The highest BCUT2D eigenvalue weighted by Gasteiger charge is 2.40. The Morgan fingerprint density at radius 2 is 1.76 bits per heavy atom. The second-order valence-electron chi connectivity index (χ2n) is 7.92. The van der Waals surface area contributed by atoms with E-state index in [1.54, 1.807) is 20.8 Å². The highest BCUT2D eigenvalue weighted by atomic mass is 16.4. The van der Waals surface area contributed by atoms with Gasteiger partial charge in [-0.25, -0.2) is 4.79 Å². The highest BCUT2D eigenvalue weighted by Crippen LogP contribution is 2.21. The molecule has 10 heteroatoms. The molecule has 1 aliphatic rings. The molecule has 166 valence electrons. The van der Waals surface area contributed by atoms with Gasteiger partial charge in [0.1, 0.15) is 24.2 Å². The minimum absolute atomic E-state index is 0.260. The Morgan fingerprint density at radius 3 is 2.24 bits per heavy atom. The fourth-order valence-corrected chi connectivity index (χ4v) is 3.27. The summed E-state index contributed by atoms with van der Waals surface area (Å²) in [6, 6.07) is -3.88. The lowest BCUT2D eigenvalue weighted by Crippen LogP contribution is -2.58. The number of hydrogen-bond donors (Lipinski definition) is 5. The van der Waals surface area contributed by atoms with Crippen molar-refractivity contribution < 1.29 is 29.4 Å². The quantitative estimate of drug-likeness (QED) is 0.308.